The van der Waals surface area contributed by atoms with Crippen LogP contribution in [-0.4, -0.2) is 36.1 Å². The van der Waals surface area contributed by atoms with Gasteiger partial charge < -0.3 is 9.64 Å². The van der Waals surface area contributed by atoms with E-state index in [9.17, 15) is 4.79 Å². The third kappa shape index (κ3) is 2.51. The molecule has 3 heteroatoms. The molecule has 1 amide bonds. The predicted molar refractivity (Wildman–Crippen MR) is 58.5 cm³/mol. The number of hydrogen-bond donors (Lipinski definition) is 0. The van der Waals surface area contributed by atoms with Gasteiger partial charge in [-0.1, -0.05) is 12.8 Å². The Morgan fingerprint density at radius 2 is 1.67 bits per heavy atom. The summed E-state index contributed by atoms with van der Waals surface area (Å²) >= 11 is 0. The van der Waals surface area contributed by atoms with Gasteiger partial charge >= 0.3 is 0 Å². The molecule has 86 valence electrons. The standard InChI is InChI=1S/C12H21NO2/c1-9-7-13(8-10(2)15-9)12(14)11-5-3-4-6-11/h9-11H,3-8H2,1-2H3/t9-,10+. The van der Waals surface area contributed by atoms with E-state index in [1.165, 1.54) is 12.8 Å². The normalized spacial score (nSPS) is 33.3. The van der Waals surface area contributed by atoms with E-state index in [1.54, 1.807) is 0 Å². The second-order valence-electron chi connectivity index (χ2n) is 4.98. The molecule has 0 spiro atoms. The Morgan fingerprint density at radius 3 is 2.20 bits per heavy atom. The van der Waals surface area contributed by atoms with Crippen molar-refractivity contribution in [1.29, 1.82) is 0 Å². The van der Waals surface area contributed by atoms with Gasteiger partial charge in [0.25, 0.3) is 0 Å². The van der Waals surface area contributed by atoms with Crippen molar-refractivity contribution in [2.24, 2.45) is 5.92 Å². The number of ether oxygens (including phenoxy) is 1. The van der Waals surface area contributed by atoms with E-state index in [1.807, 2.05) is 18.7 Å². The molecule has 1 saturated carbocycles. The lowest BCUT2D eigenvalue weighted by molar-refractivity contribution is -0.147. The number of carbonyl (C=O) groups excluding carboxylic acids is 1. The van der Waals surface area contributed by atoms with E-state index in [4.69, 9.17) is 4.74 Å². The van der Waals surface area contributed by atoms with Gasteiger partial charge in [0.1, 0.15) is 0 Å². The van der Waals surface area contributed by atoms with Gasteiger partial charge in [0.15, 0.2) is 0 Å². The average Bonchev–Trinajstić information content (AvgIpc) is 2.67. The molecule has 0 aromatic rings. The number of morpholine rings is 1. The van der Waals surface area contributed by atoms with Crippen LogP contribution < -0.4 is 0 Å². The summed E-state index contributed by atoms with van der Waals surface area (Å²) < 4.78 is 5.64. The molecule has 1 heterocycles. The van der Waals surface area contributed by atoms with Crippen LogP contribution in [0.2, 0.25) is 0 Å². The summed E-state index contributed by atoms with van der Waals surface area (Å²) in [6, 6.07) is 0. The molecule has 0 aromatic carbocycles. The Bertz CT molecular complexity index is 226. The highest BCUT2D eigenvalue weighted by molar-refractivity contribution is 5.79. The van der Waals surface area contributed by atoms with Crippen molar-refractivity contribution in [2.75, 3.05) is 13.1 Å². The van der Waals surface area contributed by atoms with Crippen LogP contribution in [0.4, 0.5) is 0 Å². The minimum atomic E-state index is 0.194. The molecule has 0 N–H and O–H groups in total. The van der Waals surface area contributed by atoms with Crippen LogP contribution in [0.3, 0.4) is 0 Å². The second-order valence-corrected chi connectivity index (χ2v) is 4.98. The zero-order valence-electron chi connectivity index (χ0n) is 9.74. The van der Waals surface area contributed by atoms with Crippen molar-refractivity contribution >= 4 is 5.91 Å². The van der Waals surface area contributed by atoms with Gasteiger partial charge in [-0.15, -0.1) is 0 Å². The van der Waals surface area contributed by atoms with Crippen LogP contribution in [0.5, 0.6) is 0 Å². The van der Waals surface area contributed by atoms with E-state index in [0.29, 0.717) is 11.8 Å². The van der Waals surface area contributed by atoms with Gasteiger partial charge in [0, 0.05) is 19.0 Å². The summed E-state index contributed by atoms with van der Waals surface area (Å²) in [6.07, 6.45) is 5.04. The van der Waals surface area contributed by atoms with Gasteiger partial charge in [0.2, 0.25) is 5.91 Å². The summed E-state index contributed by atoms with van der Waals surface area (Å²) in [5, 5.41) is 0. The molecular formula is C12H21NO2. The Kier molecular flexibility index (Phi) is 3.29. The minimum absolute atomic E-state index is 0.194. The van der Waals surface area contributed by atoms with Crippen LogP contribution in [-0.2, 0) is 9.53 Å². The van der Waals surface area contributed by atoms with E-state index < -0.39 is 0 Å². The Hall–Kier alpha value is -0.570. The van der Waals surface area contributed by atoms with Crippen molar-refractivity contribution in [1.82, 2.24) is 4.90 Å². The quantitative estimate of drug-likeness (QED) is 0.662. The van der Waals surface area contributed by atoms with Gasteiger partial charge in [-0.3, -0.25) is 4.79 Å². The fraction of sp³-hybridized carbons (Fsp3) is 0.917. The highest BCUT2D eigenvalue weighted by Crippen LogP contribution is 2.27. The number of carbonyl (C=O) groups is 1. The van der Waals surface area contributed by atoms with Gasteiger partial charge in [-0.25, -0.2) is 0 Å². The molecule has 2 rings (SSSR count). The average molecular weight is 211 g/mol. The first-order chi connectivity index (χ1) is 7.16. The maximum atomic E-state index is 12.2. The highest BCUT2D eigenvalue weighted by atomic mass is 16.5. The molecule has 3 nitrogen and oxygen atoms in total. The molecule has 1 aliphatic heterocycles. The van der Waals surface area contributed by atoms with Gasteiger partial charge in [0.05, 0.1) is 12.2 Å². The molecule has 2 aliphatic rings. The predicted octanol–water partition coefficient (Wildman–Crippen LogP) is 1.81. The summed E-state index contributed by atoms with van der Waals surface area (Å²) in [5.41, 5.74) is 0. The van der Waals surface area contributed by atoms with E-state index in [2.05, 4.69) is 0 Å². The van der Waals surface area contributed by atoms with Crippen molar-refractivity contribution in [3.8, 4) is 0 Å². The maximum absolute atomic E-state index is 12.2. The Morgan fingerprint density at radius 1 is 1.13 bits per heavy atom. The lowest BCUT2D eigenvalue weighted by Gasteiger charge is -2.36. The fourth-order valence-corrected chi connectivity index (χ4v) is 2.79. The third-order valence-electron chi connectivity index (χ3n) is 3.44. The summed E-state index contributed by atoms with van der Waals surface area (Å²) in [6.45, 7) is 5.65. The van der Waals surface area contributed by atoms with E-state index >= 15 is 0 Å². The SMILES string of the molecule is C[C@@H]1CN(C(=O)C2CCCC2)C[C@H](C)O1. The first-order valence-corrected chi connectivity index (χ1v) is 6.11. The van der Waals surface area contributed by atoms with Crippen molar-refractivity contribution in [2.45, 2.75) is 51.7 Å². The molecule has 1 aliphatic carbocycles. The number of hydrogen-bond acceptors (Lipinski definition) is 2. The fourth-order valence-electron chi connectivity index (χ4n) is 2.79. The van der Waals surface area contributed by atoms with Crippen LogP contribution in [0.15, 0.2) is 0 Å². The molecule has 0 radical (unpaired) electrons. The molecule has 1 saturated heterocycles. The first-order valence-electron chi connectivity index (χ1n) is 6.11. The molecule has 0 unspecified atom stereocenters. The van der Waals surface area contributed by atoms with Crippen LogP contribution in [0, 0.1) is 5.92 Å². The topological polar surface area (TPSA) is 29.5 Å². The smallest absolute Gasteiger partial charge is 0.225 e. The highest BCUT2D eigenvalue weighted by Gasteiger charge is 2.31. The van der Waals surface area contributed by atoms with Crippen molar-refractivity contribution in [3.63, 3.8) is 0 Å². The lowest BCUT2D eigenvalue weighted by Crippen LogP contribution is -2.49. The molecule has 0 bridgehead atoms. The monoisotopic (exact) mass is 211 g/mol. The first kappa shape index (κ1) is 10.9. The van der Waals surface area contributed by atoms with E-state index in [-0.39, 0.29) is 12.2 Å². The number of nitrogens with zero attached hydrogens (tertiary/aromatic N) is 1. The van der Waals surface area contributed by atoms with Crippen molar-refractivity contribution < 1.29 is 9.53 Å². The largest absolute Gasteiger partial charge is 0.372 e. The van der Waals surface area contributed by atoms with Gasteiger partial charge in [-0.05, 0) is 26.7 Å². The second kappa shape index (κ2) is 4.52. The molecule has 2 fully saturated rings. The number of rotatable bonds is 1. The molecular weight excluding hydrogens is 190 g/mol. The zero-order valence-corrected chi connectivity index (χ0v) is 9.74. The summed E-state index contributed by atoms with van der Waals surface area (Å²) in [4.78, 5) is 14.2. The molecule has 15 heavy (non-hydrogen) atoms. The maximum Gasteiger partial charge on any atom is 0.225 e. The minimum Gasteiger partial charge on any atom is -0.372 e. The third-order valence-corrected chi connectivity index (χ3v) is 3.44. The van der Waals surface area contributed by atoms with Crippen LogP contribution in [0.1, 0.15) is 39.5 Å². The molecule has 2 atom stereocenters. The summed E-state index contributed by atoms with van der Waals surface area (Å²) in [5.74, 6) is 0.678. The van der Waals surface area contributed by atoms with Gasteiger partial charge in [-0.2, -0.15) is 0 Å². The van der Waals surface area contributed by atoms with Crippen LogP contribution >= 0.6 is 0 Å². The Balaban J connectivity index is 1.93. The lowest BCUT2D eigenvalue weighted by atomic mass is 10.1. The van der Waals surface area contributed by atoms with Crippen molar-refractivity contribution in [3.05, 3.63) is 0 Å². The zero-order chi connectivity index (χ0) is 10.8. The molecule has 0 aromatic heterocycles. The van der Waals surface area contributed by atoms with E-state index in [0.717, 1.165) is 25.9 Å². The summed E-state index contributed by atoms with van der Waals surface area (Å²) in [7, 11) is 0. The number of amides is 1. The Labute approximate surface area is 91.8 Å². The van der Waals surface area contributed by atoms with Crippen LogP contribution in [0.25, 0.3) is 0 Å².